The van der Waals surface area contributed by atoms with Crippen LogP contribution in [0.3, 0.4) is 0 Å². The number of hydrogen-bond donors (Lipinski definition) is 1. The zero-order valence-electron chi connectivity index (χ0n) is 9.28. The summed E-state index contributed by atoms with van der Waals surface area (Å²) in [5.74, 6) is 0. The predicted molar refractivity (Wildman–Crippen MR) is 63.8 cm³/mol. The van der Waals surface area contributed by atoms with Crippen LogP contribution in [-0.2, 0) is 11.3 Å². The molecular formula is C13H19NO. The lowest BCUT2D eigenvalue weighted by atomic mass is 10.2. The normalized spacial score (nSPS) is 11.0. The second-order valence-corrected chi connectivity index (χ2v) is 3.31. The molecule has 1 rings (SSSR count). The molecule has 0 saturated carbocycles. The fourth-order valence-corrected chi connectivity index (χ4v) is 1.22. The van der Waals surface area contributed by atoms with Crippen LogP contribution >= 0.6 is 0 Å². The van der Waals surface area contributed by atoms with E-state index in [9.17, 15) is 0 Å². The van der Waals surface area contributed by atoms with E-state index >= 15 is 0 Å². The monoisotopic (exact) mass is 205 g/mol. The molecular weight excluding hydrogens is 186 g/mol. The molecule has 0 heterocycles. The summed E-state index contributed by atoms with van der Waals surface area (Å²) in [6.07, 6.45) is 4.01. The van der Waals surface area contributed by atoms with Gasteiger partial charge in [0.2, 0.25) is 0 Å². The minimum Gasteiger partial charge on any atom is -0.376 e. The molecule has 0 atom stereocenters. The van der Waals surface area contributed by atoms with E-state index in [4.69, 9.17) is 4.74 Å². The summed E-state index contributed by atoms with van der Waals surface area (Å²) in [5, 5.41) is 3.33. The number of allylic oxidation sites excluding steroid dienone is 1. The summed E-state index contributed by atoms with van der Waals surface area (Å²) in [5.41, 5.74) is 1.31. The molecule has 0 radical (unpaired) electrons. The van der Waals surface area contributed by atoms with Gasteiger partial charge >= 0.3 is 0 Å². The van der Waals surface area contributed by atoms with Gasteiger partial charge in [-0.2, -0.15) is 0 Å². The van der Waals surface area contributed by atoms with Gasteiger partial charge in [-0.15, -0.1) is 0 Å². The molecule has 2 heteroatoms. The van der Waals surface area contributed by atoms with Crippen LogP contribution in [0.25, 0.3) is 0 Å². The molecule has 0 aliphatic heterocycles. The molecule has 82 valence electrons. The van der Waals surface area contributed by atoms with E-state index in [1.807, 2.05) is 25.1 Å². The topological polar surface area (TPSA) is 21.3 Å². The summed E-state index contributed by atoms with van der Waals surface area (Å²) in [7, 11) is 0. The van der Waals surface area contributed by atoms with Gasteiger partial charge in [0.15, 0.2) is 0 Å². The molecule has 0 aliphatic rings. The van der Waals surface area contributed by atoms with Crippen LogP contribution in [-0.4, -0.2) is 19.8 Å². The summed E-state index contributed by atoms with van der Waals surface area (Å²) >= 11 is 0. The number of nitrogens with one attached hydrogen (secondary N) is 1. The van der Waals surface area contributed by atoms with Crippen molar-refractivity contribution < 1.29 is 4.74 Å². The Morgan fingerprint density at radius 2 is 2.07 bits per heavy atom. The molecule has 0 amide bonds. The van der Waals surface area contributed by atoms with Gasteiger partial charge in [-0.05, 0) is 12.5 Å². The second kappa shape index (κ2) is 8.21. The van der Waals surface area contributed by atoms with Crippen LogP contribution in [0.4, 0.5) is 0 Å². The van der Waals surface area contributed by atoms with Crippen molar-refractivity contribution in [2.75, 3.05) is 19.8 Å². The number of benzene rings is 1. The van der Waals surface area contributed by atoms with Gasteiger partial charge in [0.25, 0.3) is 0 Å². The van der Waals surface area contributed by atoms with Crippen molar-refractivity contribution in [3.05, 3.63) is 48.0 Å². The van der Waals surface area contributed by atoms with E-state index < -0.39 is 0 Å². The maximum atomic E-state index is 5.36. The molecule has 2 nitrogen and oxygen atoms in total. The van der Waals surface area contributed by atoms with Crippen LogP contribution in [0, 0.1) is 0 Å². The number of hydrogen-bond acceptors (Lipinski definition) is 2. The highest BCUT2D eigenvalue weighted by Gasteiger charge is 1.90. The van der Waals surface area contributed by atoms with E-state index in [0.29, 0.717) is 6.61 Å². The summed E-state index contributed by atoms with van der Waals surface area (Å²) in [4.78, 5) is 0. The van der Waals surface area contributed by atoms with Gasteiger partial charge in [0.05, 0.1) is 13.2 Å². The molecule has 1 aromatic rings. The Kier molecular flexibility index (Phi) is 6.54. The molecule has 0 aliphatic carbocycles. The van der Waals surface area contributed by atoms with Gasteiger partial charge in [0, 0.05) is 13.1 Å². The fourth-order valence-electron chi connectivity index (χ4n) is 1.22. The zero-order chi connectivity index (χ0) is 10.8. The zero-order valence-corrected chi connectivity index (χ0v) is 9.28. The Morgan fingerprint density at radius 3 is 2.80 bits per heavy atom. The first-order valence-corrected chi connectivity index (χ1v) is 5.37. The van der Waals surface area contributed by atoms with Gasteiger partial charge in [0.1, 0.15) is 0 Å². The minimum absolute atomic E-state index is 0.712. The third-order valence-corrected chi connectivity index (χ3v) is 2.04. The molecule has 0 saturated heterocycles. The van der Waals surface area contributed by atoms with Crippen molar-refractivity contribution in [1.82, 2.24) is 5.32 Å². The maximum Gasteiger partial charge on any atom is 0.0647 e. The Bertz CT molecular complexity index is 269. The smallest absolute Gasteiger partial charge is 0.0647 e. The lowest BCUT2D eigenvalue weighted by molar-refractivity contribution is 0.163. The van der Waals surface area contributed by atoms with Crippen LogP contribution in [0.5, 0.6) is 0 Å². The van der Waals surface area contributed by atoms with E-state index in [-0.39, 0.29) is 0 Å². The Hall–Kier alpha value is -1.12. The standard InChI is InChI=1S/C13H19NO/c1-2-3-10-15-11-9-14-12-13-7-5-4-6-8-13/h2-8,14H,9-12H2,1H3. The third-order valence-electron chi connectivity index (χ3n) is 2.04. The van der Waals surface area contributed by atoms with Crippen LogP contribution < -0.4 is 5.32 Å². The van der Waals surface area contributed by atoms with Crippen LogP contribution in [0.15, 0.2) is 42.5 Å². The Morgan fingerprint density at radius 1 is 1.27 bits per heavy atom. The Labute approximate surface area is 92.0 Å². The van der Waals surface area contributed by atoms with E-state index in [1.54, 1.807) is 0 Å². The summed E-state index contributed by atoms with van der Waals surface area (Å²) in [6.45, 7) is 5.28. The van der Waals surface area contributed by atoms with Crippen molar-refractivity contribution in [3.8, 4) is 0 Å². The highest BCUT2D eigenvalue weighted by molar-refractivity contribution is 5.14. The largest absolute Gasteiger partial charge is 0.376 e. The van der Waals surface area contributed by atoms with Gasteiger partial charge in [-0.25, -0.2) is 0 Å². The van der Waals surface area contributed by atoms with Crippen molar-refractivity contribution in [3.63, 3.8) is 0 Å². The van der Waals surface area contributed by atoms with Gasteiger partial charge < -0.3 is 10.1 Å². The van der Waals surface area contributed by atoms with Crippen molar-refractivity contribution in [1.29, 1.82) is 0 Å². The average molecular weight is 205 g/mol. The molecule has 0 fully saturated rings. The lowest BCUT2D eigenvalue weighted by Gasteiger charge is -2.04. The summed E-state index contributed by atoms with van der Waals surface area (Å²) < 4.78 is 5.36. The van der Waals surface area contributed by atoms with Crippen LogP contribution in [0.1, 0.15) is 12.5 Å². The first-order valence-electron chi connectivity index (χ1n) is 5.37. The van der Waals surface area contributed by atoms with Gasteiger partial charge in [-0.1, -0.05) is 42.5 Å². The van der Waals surface area contributed by atoms with E-state index in [1.165, 1.54) is 5.56 Å². The van der Waals surface area contributed by atoms with E-state index in [2.05, 4.69) is 29.6 Å². The first-order chi connectivity index (χ1) is 7.43. The van der Waals surface area contributed by atoms with Crippen LogP contribution in [0.2, 0.25) is 0 Å². The Balaban J connectivity index is 1.98. The molecule has 15 heavy (non-hydrogen) atoms. The van der Waals surface area contributed by atoms with Gasteiger partial charge in [-0.3, -0.25) is 0 Å². The van der Waals surface area contributed by atoms with Crippen molar-refractivity contribution >= 4 is 0 Å². The number of rotatable bonds is 7. The summed E-state index contributed by atoms with van der Waals surface area (Å²) in [6, 6.07) is 10.4. The molecule has 0 spiro atoms. The highest BCUT2D eigenvalue weighted by atomic mass is 16.5. The molecule has 0 aromatic heterocycles. The van der Waals surface area contributed by atoms with Crippen molar-refractivity contribution in [2.45, 2.75) is 13.5 Å². The fraction of sp³-hybridized carbons (Fsp3) is 0.385. The molecule has 1 aromatic carbocycles. The first kappa shape index (κ1) is 12.0. The SMILES string of the molecule is CC=CCOCCNCc1ccccc1. The number of ether oxygens (including phenoxy) is 1. The maximum absolute atomic E-state index is 5.36. The highest BCUT2D eigenvalue weighted by Crippen LogP contribution is 1.96. The van der Waals surface area contributed by atoms with E-state index in [0.717, 1.165) is 19.7 Å². The lowest BCUT2D eigenvalue weighted by Crippen LogP contribution is -2.19. The second-order valence-electron chi connectivity index (χ2n) is 3.31. The molecule has 0 bridgehead atoms. The third kappa shape index (κ3) is 6.05. The quantitative estimate of drug-likeness (QED) is 0.545. The minimum atomic E-state index is 0.712. The average Bonchev–Trinajstić information content (AvgIpc) is 2.29. The molecule has 0 unspecified atom stereocenters. The molecule has 1 N–H and O–H groups in total. The predicted octanol–water partition coefficient (Wildman–Crippen LogP) is 2.37. The van der Waals surface area contributed by atoms with Crippen molar-refractivity contribution in [2.24, 2.45) is 0 Å².